The minimum Gasteiger partial charge on any atom is -0.337 e. The molecule has 1 heterocycles. The van der Waals surface area contributed by atoms with Crippen LogP contribution >= 0.6 is 46.4 Å². The van der Waals surface area contributed by atoms with Gasteiger partial charge in [0, 0.05) is 32.9 Å². The van der Waals surface area contributed by atoms with Gasteiger partial charge >= 0.3 is 0 Å². The van der Waals surface area contributed by atoms with Crippen LogP contribution in [0.3, 0.4) is 0 Å². The first kappa shape index (κ1) is 16.2. The highest BCUT2D eigenvalue weighted by Crippen LogP contribution is 2.21. The Morgan fingerprint density at radius 2 is 2.09 bits per heavy atom. The van der Waals surface area contributed by atoms with E-state index in [4.69, 9.17) is 23.8 Å². The summed E-state index contributed by atoms with van der Waals surface area (Å²) in [6.45, 7) is 0. The van der Waals surface area contributed by atoms with Crippen molar-refractivity contribution in [2.24, 2.45) is 0 Å². The number of aromatic nitrogens is 2. The zero-order valence-electron chi connectivity index (χ0n) is 11.7. The number of rotatable bonds is 3. The highest BCUT2D eigenvalue weighted by atomic mass is 127. The van der Waals surface area contributed by atoms with Crippen LogP contribution in [0.4, 0.5) is 5.69 Å². The quantitative estimate of drug-likeness (QED) is 0.429. The predicted octanol–water partition coefficient (Wildman–Crippen LogP) is 5.05. The Bertz CT molecular complexity index is 935. The van der Waals surface area contributed by atoms with E-state index in [1.807, 2.05) is 35.0 Å². The molecule has 0 radical (unpaired) electrons. The normalized spacial score (nSPS) is 10.5. The first-order valence-corrected chi connectivity index (χ1v) is 8.54. The molecule has 0 aliphatic rings. The monoisotopic (exact) mass is 455 g/mol. The number of nitrogens with one attached hydrogen (secondary N) is 2. The predicted molar refractivity (Wildman–Crippen MR) is 103 cm³/mol. The van der Waals surface area contributed by atoms with Crippen molar-refractivity contribution in [3.8, 4) is 5.69 Å². The molecule has 0 saturated heterocycles. The van der Waals surface area contributed by atoms with Crippen molar-refractivity contribution in [3.05, 3.63) is 73.8 Å². The van der Waals surface area contributed by atoms with Gasteiger partial charge in [0.05, 0.1) is 5.02 Å². The van der Waals surface area contributed by atoms with Gasteiger partial charge in [-0.15, -0.1) is 0 Å². The Hall–Kier alpha value is -1.64. The molecule has 1 aromatic heterocycles. The van der Waals surface area contributed by atoms with E-state index < -0.39 is 0 Å². The molecule has 0 spiro atoms. The summed E-state index contributed by atoms with van der Waals surface area (Å²) in [5.74, 6) is -0.186. The van der Waals surface area contributed by atoms with Gasteiger partial charge in [-0.25, -0.2) is 0 Å². The summed E-state index contributed by atoms with van der Waals surface area (Å²) >= 11 is 13.3. The van der Waals surface area contributed by atoms with Gasteiger partial charge in [0.15, 0.2) is 4.77 Å². The van der Waals surface area contributed by atoms with Crippen molar-refractivity contribution in [3.63, 3.8) is 0 Å². The number of imidazole rings is 1. The van der Waals surface area contributed by atoms with E-state index in [2.05, 4.69) is 32.9 Å². The standard InChI is InChI=1S/C16H11ClIN3OS/c17-13-5-4-10(8-14(13)18)15(22)20-11-2-1-3-12(9-11)21-7-6-19-16(21)23/h1-9H,(H,19,23)(H,20,22). The number of carbonyl (C=O) groups excluding carboxylic acids is 1. The maximum absolute atomic E-state index is 12.4. The lowest BCUT2D eigenvalue weighted by Crippen LogP contribution is -2.12. The van der Waals surface area contributed by atoms with Crippen LogP contribution < -0.4 is 5.32 Å². The Kier molecular flexibility index (Phi) is 4.84. The summed E-state index contributed by atoms with van der Waals surface area (Å²) < 4.78 is 3.26. The molecule has 116 valence electrons. The van der Waals surface area contributed by atoms with E-state index in [-0.39, 0.29) is 5.91 Å². The van der Waals surface area contributed by atoms with Crippen molar-refractivity contribution in [1.82, 2.24) is 9.55 Å². The van der Waals surface area contributed by atoms with Gasteiger partial charge in [0.25, 0.3) is 5.91 Å². The van der Waals surface area contributed by atoms with Gasteiger partial charge in [-0.1, -0.05) is 17.7 Å². The number of H-pyrrole nitrogens is 1. The highest BCUT2D eigenvalue weighted by molar-refractivity contribution is 14.1. The maximum atomic E-state index is 12.4. The molecule has 23 heavy (non-hydrogen) atoms. The number of hydrogen-bond acceptors (Lipinski definition) is 2. The van der Waals surface area contributed by atoms with Crippen LogP contribution in [0, 0.1) is 8.34 Å². The van der Waals surface area contributed by atoms with Gasteiger partial charge in [0.1, 0.15) is 0 Å². The lowest BCUT2D eigenvalue weighted by Gasteiger charge is -2.09. The fraction of sp³-hybridized carbons (Fsp3) is 0. The molecule has 0 atom stereocenters. The van der Waals surface area contributed by atoms with Gasteiger partial charge in [-0.3, -0.25) is 9.36 Å². The molecule has 2 N–H and O–H groups in total. The van der Waals surface area contributed by atoms with Gasteiger partial charge in [-0.05, 0) is 71.2 Å². The average Bonchev–Trinajstić information content (AvgIpc) is 2.96. The zero-order valence-corrected chi connectivity index (χ0v) is 15.4. The number of amides is 1. The van der Waals surface area contributed by atoms with Crippen molar-refractivity contribution in [2.45, 2.75) is 0 Å². The van der Waals surface area contributed by atoms with E-state index in [0.717, 1.165) is 9.26 Å². The lowest BCUT2D eigenvalue weighted by molar-refractivity contribution is 0.102. The number of carbonyl (C=O) groups is 1. The third kappa shape index (κ3) is 3.65. The number of hydrogen-bond donors (Lipinski definition) is 2. The molecule has 0 saturated carbocycles. The molecule has 0 fully saturated rings. The first-order valence-electron chi connectivity index (χ1n) is 6.67. The Morgan fingerprint density at radius 1 is 1.26 bits per heavy atom. The van der Waals surface area contributed by atoms with E-state index in [0.29, 0.717) is 21.0 Å². The van der Waals surface area contributed by atoms with Crippen LogP contribution in [0.5, 0.6) is 0 Å². The number of benzene rings is 2. The lowest BCUT2D eigenvalue weighted by atomic mass is 10.2. The molecule has 0 unspecified atom stereocenters. The molecule has 3 rings (SSSR count). The van der Waals surface area contributed by atoms with E-state index >= 15 is 0 Å². The number of aromatic amines is 1. The van der Waals surface area contributed by atoms with Crippen LogP contribution in [-0.2, 0) is 0 Å². The number of anilines is 1. The SMILES string of the molecule is O=C(Nc1cccc(-n2cc[nH]c2=S)c1)c1ccc(Cl)c(I)c1. The minimum absolute atomic E-state index is 0.186. The summed E-state index contributed by atoms with van der Waals surface area (Å²) in [5, 5.41) is 3.51. The van der Waals surface area contributed by atoms with E-state index in [9.17, 15) is 4.79 Å². The first-order chi connectivity index (χ1) is 11.0. The molecule has 2 aromatic carbocycles. The van der Waals surface area contributed by atoms with Crippen LogP contribution in [0.15, 0.2) is 54.9 Å². The molecule has 3 aromatic rings. The van der Waals surface area contributed by atoms with Crippen LogP contribution in [0.1, 0.15) is 10.4 Å². The zero-order chi connectivity index (χ0) is 16.4. The Balaban J connectivity index is 1.85. The summed E-state index contributed by atoms with van der Waals surface area (Å²) in [5.41, 5.74) is 2.13. The fourth-order valence-corrected chi connectivity index (χ4v) is 2.96. The molecule has 1 amide bonds. The van der Waals surface area contributed by atoms with Gasteiger partial charge < -0.3 is 10.3 Å². The van der Waals surface area contributed by atoms with E-state index in [1.54, 1.807) is 24.4 Å². The maximum Gasteiger partial charge on any atom is 0.255 e. The molecule has 4 nitrogen and oxygen atoms in total. The second-order valence-electron chi connectivity index (χ2n) is 4.77. The molecule has 0 bridgehead atoms. The second kappa shape index (κ2) is 6.86. The summed E-state index contributed by atoms with van der Waals surface area (Å²) in [4.78, 5) is 15.3. The second-order valence-corrected chi connectivity index (χ2v) is 6.72. The average molecular weight is 456 g/mol. The number of halogens is 2. The third-order valence-corrected chi connectivity index (χ3v) is 5.07. The summed E-state index contributed by atoms with van der Waals surface area (Å²) in [6, 6.07) is 12.7. The number of nitrogens with zero attached hydrogens (tertiary/aromatic N) is 1. The largest absolute Gasteiger partial charge is 0.337 e. The Morgan fingerprint density at radius 3 is 2.78 bits per heavy atom. The summed E-state index contributed by atoms with van der Waals surface area (Å²) in [6.07, 6.45) is 3.61. The van der Waals surface area contributed by atoms with Crippen LogP contribution in [0.2, 0.25) is 5.02 Å². The van der Waals surface area contributed by atoms with Crippen molar-refractivity contribution >= 4 is 58.0 Å². The van der Waals surface area contributed by atoms with E-state index in [1.165, 1.54) is 0 Å². The fourth-order valence-electron chi connectivity index (χ4n) is 2.10. The Labute approximate surface area is 156 Å². The molecule has 0 aliphatic carbocycles. The molecule has 7 heteroatoms. The molecular weight excluding hydrogens is 445 g/mol. The molecule has 0 aliphatic heterocycles. The highest BCUT2D eigenvalue weighted by Gasteiger charge is 2.09. The summed E-state index contributed by atoms with van der Waals surface area (Å²) in [7, 11) is 0. The minimum atomic E-state index is -0.186. The topological polar surface area (TPSA) is 49.8 Å². The van der Waals surface area contributed by atoms with Crippen LogP contribution in [0.25, 0.3) is 5.69 Å². The van der Waals surface area contributed by atoms with Crippen LogP contribution in [-0.4, -0.2) is 15.5 Å². The smallest absolute Gasteiger partial charge is 0.255 e. The molecular formula is C16H11ClIN3OS. The van der Waals surface area contributed by atoms with Gasteiger partial charge in [-0.2, -0.15) is 0 Å². The van der Waals surface area contributed by atoms with Crippen molar-refractivity contribution in [2.75, 3.05) is 5.32 Å². The van der Waals surface area contributed by atoms with Crippen molar-refractivity contribution < 1.29 is 4.79 Å². The van der Waals surface area contributed by atoms with Crippen molar-refractivity contribution in [1.29, 1.82) is 0 Å². The van der Waals surface area contributed by atoms with Gasteiger partial charge in [0.2, 0.25) is 0 Å². The third-order valence-electron chi connectivity index (χ3n) is 3.21.